The fraction of sp³-hybridized carbons (Fsp3) is 0.450. The first-order valence-electron chi connectivity index (χ1n) is 9.10. The number of methoxy groups -OCH3 is 1. The number of hydrogen-bond donors (Lipinski definition) is 0. The molecule has 5 rings (SSSR count). The molecule has 0 aliphatic carbocycles. The first-order valence-corrected chi connectivity index (χ1v) is 9.10. The first kappa shape index (κ1) is 15.8. The lowest BCUT2D eigenvalue weighted by Crippen LogP contribution is -2.46. The van der Waals surface area contributed by atoms with Crippen molar-refractivity contribution in [2.45, 2.75) is 25.4 Å². The summed E-state index contributed by atoms with van der Waals surface area (Å²) in [5.74, 6) is 3.13. The number of benzene rings is 1. The van der Waals surface area contributed by atoms with Crippen molar-refractivity contribution >= 4 is 0 Å². The minimum absolute atomic E-state index is 0.131. The van der Waals surface area contributed by atoms with Crippen LogP contribution in [0.4, 0.5) is 0 Å². The summed E-state index contributed by atoms with van der Waals surface area (Å²) in [5, 5.41) is 0. The number of piperidine rings is 1. The van der Waals surface area contributed by atoms with Gasteiger partial charge in [-0.1, -0.05) is 6.07 Å². The summed E-state index contributed by atoms with van der Waals surface area (Å²) in [6.07, 6.45) is 1.17. The molecule has 1 saturated heterocycles. The van der Waals surface area contributed by atoms with Gasteiger partial charge in [-0.15, -0.1) is 0 Å². The van der Waals surface area contributed by atoms with Crippen molar-refractivity contribution in [3.05, 3.63) is 51.9 Å². The minimum Gasteiger partial charge on any atom is -0.493 e. The quantitative estimate of drug-likeness (QED) is 0.846. The zero-order valence-corrected chi connectivity index (χ0v) is 14.8. The van der Waals surface area contributed by atoms with E-state index in [-0.39, 0.29) is 12.4 Å². The van der Waals surface area contributed by atoms with E-state index >= 15 is 0 Å². The second-order valence-electron chi connectivity index (χ2n) is 7.42. The van der Waals surface area contributed by atoms with Crippen molar-refractivity contribution in [2.24, 2.45) is 5.92 Å². The van der Waals surface area contributed by atoms with Crippen LogP contribution in [0.3, 0.4) is 0 Å². The van der Waals surface area contributed by atoms with E-state index in [1.807, 2.05) is 22.8 Å². The Bertz CT molecular complexity index is 907. The lowest BCUT2D eigenvalue weighted by atomic mass is 9.83. The second kappa shape index (κ2) is 6.06. The molecule has 1 fully saturated rings. The van der Waals surface area contributed by atoms with Gasteiger partial charge >= 0.3 is 0 Å². The predicted octanol–water partition coefficient (Wildman–Crippen LogP) is 2.20. The Kier molecular flexibility index (Phi) is 3.67. The maximum absolute atomic E-state index is 12.2. The van der Waals surface area contributed by atoms with Crippen LogP contribution < -0.4 is 19.8 Å². The fourth-order valence-electron chi connectivity index (χ4n) is 4.66. The zero-order chi connectivity index (χ0) is 17.7. The van der Waals surface area contributed by atoms with Gasteiger partial charge in [-0.2, -0.15) is 0 Å². The number of nitrogens with zero attached hydrogens (tertiary/aromatic N) is 2. The van der Waals surface area contributed by atoms with Gasteiger partial charge in [0.1, 0.15) is 0 Å². The molecule has 0 saturated carbocycles. The summed E-state index contributed by atoms with van der Waals surface area (Å²) in [5.41, 5.74) is 2.48. The Hall–Kier alpha value is -2.47. The molecule has 4 heterocycles. The van der Waals surface area contributed by atoms with E-state index in [2.05, 4.69) is 11.0 Å². The van der Waals surface area contributed by atoms with Crippen molar-refractivity contribution in [1.29, 1.82) is 0 Å². The molecule has 2 atom stereocenters. The van der Waals surface area contributed by atoms with E-state index in [1.54, 1.807) is 13.2 Å². The van der Waals surface area contributed by atoms with Crippen molar-refractivity contribution in [2.75, 3.05) is 27.0 Å². The Morgan fingerprint density at radius 3 is 3.00 bits per heavy atom. The number of ether oxygens (including phenoxy) is 3. The average Bonchev–Trinajstić information content (AvgIpc) is 3.10. The number of hydrogen-bond acceptors (Lipinski definition) is 5. The predicted molar refractivity (Wildman–Crippen MR) is 95.9 cm³/mol. The van der Waals surface area contributed by atoms with Gasteiger partial charge in [0.25, 0.3) is 5.56 Å². The third kappa shape index (κ3) is 2.56. The topological polar surface area (TPSA) is 52.9 Å². The largest absolute Gasteiger partial charge is 0.493 e. The number of fused-ring (bicyclic) bond motifs is 5. The molecular formula is C20H22N2O4. The Morgan fingerprint density at radius 2 is 2.12 bits per heavy atom. The Labute approximate surface area is 151 Å². The second-order valence-corrected chi connectivity index (χ2v) is 7.42. The molecule has 0 N–H and O–H groups in total. The van der Waals surface area contributed by atoms with Gasteiger partial charge in [-0.05, 0) is 36.1 Å². The highest BCUT2D eigenvalue weighted by atomic mass is 16.7. The molecule has 0 unspecified atom stereocenters. The minimum atomic E-state index is 0.131. The van der Waals surface area contributed by atoms with Gasteiger partial charge < -0.3 is 18.8 Å². The summed E-state index contributed by atoms with van der Waals surface area (Å²) < 4.78 is 18.5. The molecule has 6 heteroatoms. The van der Waals surface area contributed by atoms with E-state index < -0.39 is 0 Å². The fourth-order valence-corrected chi connectivity index (χ4v) is 4.66. The smallest absolute Gasteiger partial charge is 0.250 e. The number of likely N-dealkylation sites (tertiary alicyclic amines) is 1. The number of aromatic nitrogens is 1. The number of rotatable bonds is 3. The lowest BCUT2D eigenvalue weighted by Gasteiger charge is -2.42. The number of pyridine rings is 1. The third-order valence-corrected chi connectivity index (χ3v) is 5.68. The molecule has 3 aliphatic heterocycles. The average molecular weight is 354 g/mol. The van der Waals surface area contributed by atoms with Gasteiger partial charge in [0, 0.05) is 43.9 Å². The Morgan fingerprint density at radius 1 is 1.19 bits per heavy atom. The van der Waals surface area contributed by atoms with Crippen LogP contribution in [-0.2, 0) is 13.1 Å². The van der Waals surface area contributed by atoms with E-state index in [4.69, 9.17) is 14.2 Å². The Balaban J connectivity index is 1.40. The molecule has 0 radical (unpaired) electrons. The van der Waals surface area contributed by atoms with Gasteiger partial charge in [0.2, 0.25) is 12.5 Å². The third-order valence-electron chi connectivity index (χ3n) is 5.68. The van der Waals surface area contributed by atoms with E-state index in [0.29, 0.717) is 17.6 Å². The van der Waals surface area contributed by atoms with Crippen LogP contribution in [-0.4, -0.2) is 36.5 Å². The van der Waals surface area contributed by atoms with Crippen molar-refractivity contribution < 1.29 is 14.2 Å². The molecule has 2 bridgehead atoms. The molecule has 6 nitrogen and oxygen atoms in total. The van der Waals surface area contributed by atoms with Crippen LogP contribution in [0.2, 0.25) is 0 Å². The lowest BCUT2D eigenvalue weighted by molar-refractivity contribution is 0.114. The van der Waals surface area contributed by atoms with E-state index in [0.717, 1.165) is 43.2 Å². The van der Waals surface area contributed by atoms with Crippen LogP contribution in [0.1, 0.15) is 23.6 Å². The SMILES string of the molecule is COc1cc(CN2C[C@@H]3C[C@@H](C2)c2cccc(=O)n2C3)cc2c1OCO2. The van der Waals surface area contributed by atoms with Crippen LogP contribution in [0.25, 0.3) is 0 Å². The van der Waals surface area contributed by atoms with Crippen molar-refractivity contribution in [1.82, 2.24) is 9.47 Å². The summed E-state index contributed by atoms with van der Waals surface area (Å²) in [7, 11) is 1.65. The highest BCUT2D eigenvalue weighted by molar-refractivity contribution is 5.55. The molecule has 3 aliphatic rings. The molecule has 0 amide bonds. The van der Waals surface area contributed by atoms with Gasteiger partial charge in [0.15, 0.2) is 11.5 Å². The van der Waals surface area contributed by atoms with E-state index in [9.17, 15) is 4.79 Å². The normalized spacial score (nSPS) is 23.6. The molecular weight excluding hydrogens is 332 g/mol. The van der Waals surface area contributed by atoms with Crippen LogP contribution in [0.15, 0.2) is 35.1 Å². The standard InChI is InChI=1S/C20H22N2O4/c1-24-17-6-13(7-18-20(17)26-12-25-18)8-21-9-14-5-15(11-21)16-3-2-4-19(23)22(16)10-14/h2-4,6-7,14-15H,5,8-12H2,1H3/t14-,15-/m0/s1. The summed E-state index contributed by atoms with van der Waals surface area (Å²) in [4.78, 5) is 14.6. The molecule has 1 aromatic heterocycles. The summed E-state index contributed by atoms with van der Waals surface area (Å²) in [6.45, 7) is 3.89. The maximum Gasteiger partial charge on any atom is 0.250 e. The van der Waals surface area contributed by atoms with Crippen molar-refractivity contribution in [3.8, 4) is 17.2 Å². The van der Waals surface area contributed by atoms with Gasteiger partial charge in [-0.25, -0.2) is 0 Å². The summed E-state index contributed by atoms with van der Waals surface area (Å²) in [6, 6.07) is 9.75. The van der Waals surface area contributed by atoms with Crippen molar-refractivity contribution in [3.63, 3.8) is 0 Å². The highest BCUT2D eigenvalue weighted by Crippen LogP contribution is 2.42. The highest BCUT2D eigenvalue weighted by Gasteiger charge is 2.34. The molecule has 2 aromatic rings. The van der Waals surface area contributed by atoms with Crippen LogP contribution >= 0.6 is 0 Å². The molecule has 26 heavy (non-hydrogen) atoms. The first-order chi connectivity index (χ1) is 12.7. The maximum atomic E-state index is 12.2. The molecule has 1 aromatic carbocycles. The van der Waals surface area contributed by atoms with E-state index in [1.165, 1.54) is 12.1 Å². The van der Waals surface area contributed by atoms with Gasteiger partial charge in [-0.3, -0.25) is 9.69 Å². The van der Waals surface area contributed by atoms with Crippen LogP contribution in [0, 0.1) is 5.92 Å². The monoisotopic (exact) mass is 354 g/mol. The molecule has 136 valence electrons. The van der Waals surface area contributed by atoms with Crippen LogP contribution in [0.5, 0.6) is 17.2 Å². The molecule has 0 spiro atoms. The zero-order valence-electron chi connectivity index (χ0n) is 14.8. The summed E-state index contributed by atoms with van der Waals surface area (Å²) >= 11 is 0. The van der Waals surface area contributed by atoms with Gasteiger partial charge in [0.05, 0.1) is 7.11 Å².